The first-order valence-electron chi connectivity index (χ1n) is 6.39. The van der Waals surface area contributed by atoms with E-state index in [2.05, 4.69) is 65.6 Å². The molecule has 4 rings (SSSR count). The van der Waals surface area contributed by atoms with Crippen LogP contribution in [0.3, 0.4) is 0 Å². The van der Waals surface area contributed by atoms with Crippen LogP contribution in [0.2, 0.25) is 0 Å². The van der Waals surface area contributed by atoms with Gasteiger partial charge in [-0.05, 0) is 45.8 Å². The van der Waals surface area contributed by atoms with Crippen molar-refractivity contribution in [3.05, 3.63) is 72.9 Å². The molecule has 0 aliphatic carbocycles. The van der Waals surface area contributed by atoms with Crippen LogP contribution in [-0.4, -0.2) is 4.98 Å². The molecule has 1 aromatic heterocycles. The van der Waals surface area contributed by atoms with Crippen molar-refractivity contribution in [1.29, 1.82) is 0 Å². The Morgan fingerprint density at radius 1 is 0.737 bits per heavy atom. The molecule has 19 heavy (non-hydrogen) atoms. The number of benzene rings is 3. The third-order valence-corrected chi connectivity index (χ3v) is 3.50. The van der Waals surface area contributed by atoms with Gasteiger partial charge in [0.05, 0.1) is 0 Å². The van der Waals surface area contributed by atoms with Gasteiger partial charge in [-0.2, -0.15) is 0 Å². The minimum Gasteiger partial charge on any atom is -0.361 e. The zero-order chi connectivity index (χ0) is 12.7. The van der Waals surface area contributed by atoms with E-state index >= 15 is 0 Å². The maximum atomic E-state index is 3.49. The smallest absolute Gasteiger partial charge is 0.0460 e. The average Bonchev–Trinajstić information content (AvgIpc) is 2.98. The van der Waals surface area contributed by atoms with Crippen molar-refractivity contribution >= 4 is 21.5 Å². The Morgan fingerprint density at radius 3 is 2.37 bits per heavy atom. The number of hydrogen-bond acceptors (Lipinski definition) is 0. The summed E-state index contributed by atoms with van der Waals surface area (Å²) in [7, 11) is 0. The minimum atomic E-state index is 1.10. The quantitative estimate of drug-likeness (QED) is 0.462. The molecule has 0 saturated carbocycles. The van der Waals surface area contributed by atoms with E-state index in [0.29, 0.717) is 0 Å². The summed E-state index contributed by atoms with van der Waals surface area (Å²) in [4.78, 5) is 3.22. The Kier molecular flexibility index (Phi) is 2.18. The number of fused-ring (bicyclic) bond motifs is 2. The molecule has 0 fully saturated rings. The molecule has 4 aromatic rings. The maximum absolute atomic E-state index is 3.49. The van der Waals surface area contributed by atoms with Gasteiger partial charge >= 0.3 is 0 Å². The van der Waals surface area contributed by atoms with Crippen LogP contribution in [0.15, 0.2) is 66.9 Å². The van der Waals surface area contributed by atoms with Gasteiger partial charge in [0.1, 0.15) is 0 Å². The van der Waals surface area contributed by atoms with Crippen LogP contribution in [0.1, 0.15) is 0 Å². The van der Waals surface area contributed by atoms with E-state index < -0.39 is 0 Å². The van der Waals surface area contributed by atoms with E-state index in [1.165, 1.54) is 16.2 Å². The molecule has 1 radical (unpaired) electrons. The maximum Gasteiger partial charge on any atom is 0.0460 e. The Balaban J connectivity index is 2.00. The van der Waals surface area contributed by atoms with Gasteiger partial charge in [-0.25, -0.2) is 0 Å². The van der Waals surface area contributed by atoms with Crippen LogP contribution in [0.4, 0.5) is 0 Å². The van der Waals surface area contributed by atoms with Gasteiger partial charge in [-0.1, -0.05) is 36.4 Å². The summed E-state index contributed by atoms with van der Waals surface area (Å²) in [5.41, 5.74) is 2.21. The Morgan fingerprint density at radius 2 is 1.58 bits per heavy atom. The summed E-state index contributed by atoms with van der Waals surface area (Å²) >= 11 is 0. The molecule has 1 nitrogen and oxygen atoms in total. The topological polar surface area (TPSA) is 15.8 Å². The summed E-state index contributed by atoms with van der Waals surface area (Å²) in [6.07, 6.45) is 1.94. The fourth-order valence-electron chi connectivity index (χ4n) is 2.52. The number of nitrogens with one attached hydrogen (secondary N) is 1. The first kappa shape index (κ1) is 10.4. The van der Waals surface area contributed by atoms with Gasteiger partial charge in [0.25, 0.3) is 0 Å². The lowest BCUT2D eigenvalue weighted by molar-refractivity contribution is 1.40. The minimum absolute atomic E-state index is 1.10. The SMILES string of the molecule is [c]1c(-c2ccc[nH]2)ccc2cc3ccccc3cc12. The number of H-pyrrole nitrogens is 1. The molecule has 1 heteroatoms. The van der Waals surface area contributed by atoms with Crippen molar-refractivity contribution in [2.24, 2.45) is 0 Å². The van der Waals surface area contributed by atoms with Crippen molar-refractivity contribution < 1.29 is 0 Å². The van der Waals surface area contributed by atoms with Crippen LogP contribution in [0, 0.1) is 6.07 Å². The molecule has 0 aliphatic rings. The van der Waals surface area contributed by atoms with Gasteiger partial charge < -0.3 is 4.98 Å². The lowest BCUT2D eigenvalue weighted by atomic mass is 10.0. The van der Waals surface area contributed by atoms with E-state index in [1.54, 1.807) is 0 Å². The van der Waals surface area contributed by atoms with Gasteiger partial charge in [0.2, 0.25) is 0 Å². The van der Waals surface area contributed by atoms with Gasteiger partial charge in [-0.3, -0.25) is 0 Å². The standard InChI is InChI=1S/C18H12N/c1-2-5-14-11-17-12-16(18-6-3-9-19-18)8-7-15(17)10-13(14)4-1/h1-11,19H. The van der Waals surface area contributed by atoms with E-state index in [4.69, 9.17) is 0 Å². The Bertz CT molecular complexity index is 857. The highest BCUT2D eigenvalue weighted by molar-refractivity contribution is 5.99. The number of hydrogen-bond donors (Lipinski definition) is 1. The van der Waals surface area contributed by atoms with Crippen molar-refractivity contribution in [2.45, 2.75) is 0 Å². The second-order valence-electron chi connectivity index (χ2n) is 4.74. The molecular formula is C18H12N. The molecule has 0 unspecified atom stereocenters. The number of aromatic amines is 1. The zero-order valence-electron chi connectivity index (χ0n) is 10.4. The second kappa shape index (κ2) is 3.99. The van der Waals surface area contributed by atoms with Crippen molar-refractivity contribution in [2.75, 3.05) is 0 Å². The molecule has 3 aromatic carbocycles. The van der Waals surface area contributed by atoms with Crippen molar-refractivity contribution in [1.82, 2.24) is 4.98 Å². The average molecular weight is 242 g/mol. The van der Waals surface area contributed by atoms with Gasteiger partial charge in [0.15, 0.2) is 0 Å². The fourth-order valence-corrected chi connectivity index (χ4v) is 2.52. The highest BCUT2D eigenvalue weighted by atomic mass is 14.7. The molecule has 1 heterocycles. The van der Waals surface area contributed by atoms with E-state index in [0.717, 1.165) is 16.6 Å². The highest BCUT2D eigenvalue weighted by Crippen LogP contribution is 2.26. The monoisotopic (exact) mass is 242 g/mol. The number of aromatic nitrogens is 1. The number of rotatable bonds is 1. The third-order valence-electron chi connectivity index (χ3n) is 3.50. The van der Waals surface area contributed by atoms with Crippen molar-refractivity contribution in [3.63, 3.8) is 0 Å². The first-order chi connectivity index (χ1) is 9.40. The second-order valence-corrected chi connectivity index (χ2v) is 4.74. The summed E-state index contributed by atoms with van der Waals surface area (Å²) in [6.45, 7) is 0. The molecule has 0 bridgehead atoms. The lowest BCUT2D eigenvalue weighted by Gasteiger charge is -2.04. The Hall–Kier alpha value is -2.54. The molecule has 0 amide bonds. The normalized spacial score (nSPS) is 11.2. The van der Waals surface area contributed by atoms with E-state index in [-0.39, 0.29) is 0 Å². The lowest BCUT2D eigenvalue weighted by Crippen LogP contribution is -1.80. The molecule has 0 saturated heterocycles. The predicted molar refractivity (Wildman–Crippen MR) is 80.1 cm³/mol. The summed E-state index contributed by atoms with van der Waals surface area (Å²) in [5.74, 6) is 0. The van der Waals surface area contributed by atoms with Crippen LogP contribution >= 0.6 is 0 Å². The van der Waals surface area contributed by atoms with Crippen molar-refractivity contribution in [3.8, 4) is 11.3 Å². The molecule has 89 valence electrons. The molecule has 0 spiro atoms. The third kappa shape index (κ3) is 1.71. The molecule has 0 aliphatic heterocycles. The predicted octanol–water partition coefficient (Wildman–Crippen LogP) is 4.79. The first-order valence-corrected chi connectivity index (χ1v) is 6.39. The van der Waals surface area contributed by atoms with Crippen LogP contribution < -0.4 is 0 Å². The zero-order valence-corrected chi connectivity index (χ0v) is 10.4. The van der Waals surface area contributed by atoms with Crippen LogP contribution in [0.25, 0.3) is 32.8 Å². The van der Waals surface area contributed by atoms with Gasteiger partial charge in [0, 0.05) is 23.5 Å². The Labute approximate surface area is 111 Å². The van der Waals surface area contributed by atoms with E-state index in [9.17, 15) is 0 Å². The van der Waals surface area contributed by atoms with Crippen LogP contribution in [-0.2, 0) is 0 Å². The molecule has 0 atom stereocenters. The fraction of sp³-hybridized carbons (Fsp3) is 0. The van der Waals surface area contributed by atoms with Gasteiger partial charge in [-0.15, -0.1) is 0 Å². The van der Waals surface area contributed by atoms with Crippen LogP contribution in [0.5, 0.6) is 0 Å². The summed E-state index contributed by atoms with van der Waals surface area (Å²) in [5, 5.41) is 4.92. The summed E-state index contributed by atoms with van der Waals surface area (Å²) in [6, 6.07) is 24.7. The molecule has 1 N–H and O–H groups in total. The molecular weight excluding hydrogens is 230 g/mol. The summed E-state index contributed by atoms with van der Waals surface area (Å²) < 4.78 is 0. The van der Waals surface area contributed by atoms with E-state index in [1.807, 2.05) is 12.3 Å². The largest absolute Gasteiger partial charge is 0.361 e. The highest BCUT2D eigenvalue weighted by Gasteiger charge is 2.02.